The first-order valence-corrected chi connectivity index (χ1v) is 19.6. The van der Waals surface area contributed by atoms with Gasteiger partial charge in [-0.25, -0.2) is 12.2 Å². The fourth-order valence-corrected chi connectivity index (χ4v) is 7.48. The van der Waals surface area contributed by atoms with Crippen LogP contribution in [0.25, 0.3) is 11.1 Å². The fraction of sp³-hybridized carbons (Fsp3) is 0.396. The van der Waals surface area contributed by atoms with Gasteiger partial charge in [-0.1, -0.05) is 106 Å². The van der Waals surface area contributed by atoms with E-state index in [9.17, 15) is 0 Å². The summed E-state index contributed by atoms with van der Waals surface area (Å²) in [6, 6.07) is 28.0. The number of hydrogen-bond donors (Lipinski definition) is 0. The van der Waals surface area contributed by atoms with Crippen molar-refractivity contribution < 1.29 is 49.0 Å². The molecule has 0 N–H and O–H groups in total. The van der Waals surface area contributed by atoms with Gasteiger partial charge >= 0.3 is 116 Å². The van der Waals surface area contributed by atoms with E-state index >= 15 is 0 Å². The number of rotatable bonds is 2. The van der Waals surface area contributed by atoms with E-state index in [1.54, 1.807) is 0 Å². The topological polar surface area (TPSA) is 0 Å². The zero-order chi connectivity index (χ0) is 37.2. The van der Waals surface area contributed by atoms with Gasteiger partial charge in [0.2, 0.25) is 0 Å². The monoisotopic (exact) mass is 828 g/mol. The molecule has 0 heterocycles. The number of hydrogen-bond acceptors (Lipinski definition) is 0. The Labute approximate surface area is 349 Å². The third-order valence-corrected chi connectivity index (χ3v) is 10.9. The Morgan fingerprint density at radius 3 is 1.67 bits per heavy atom. The summed E-state index contributed by atoms with van der Waals surface area (Å²) in [5.74, 6) is 0. The average Bonchev–Trinajstić information content (AvgIpc) is 3.70. The Bertz CT molecular complexity index is 1810. The SMILES string of the molecule is CC(C)(C)c1[c-]c2c(cc1C(C)(C)C)-c1cc(C(C)(C)C)c(C(C)(C)C)cc1C2.Cc1ccc([C](=[Zr+2])c2cccc(Cl)c2)cc1.[C-]1=CC=CC1.[Cl-].[Cl-]. The van der Waals surface area contributed by atoms with Gasteiger partial charge in [0.1, 0.15) is 0 Å². The molecule has 4 aromatic rings. The molecule has 4 heteroatoms. The summed E-state index contributed by atoms with van der Waals surface area (Å²) >= 11 is 7.40. The van der Waals surface area contributed by atoms with Gasteiger partial charge in [0.05, 0.1) is 0 Å². The summed E-state index contributed by atoms with van der Waals surface area (Å²) in [4.78, 5) is 0. The van der Waals surface area contributed by atoms with Gasteiger partial charge in [-0.3, -0.25) is 6.08 Å². The molecular weight excluding hydrogens is 774 g/mol. The van der Waals surface area contributed by atoms with Crippen LogP contribution in [0.2, 0.25) is 5.02 Å². The van der Waals surface area contributed by atoms with Crippen molar-refractivity contribution in [2.45, 2.75) is 125 Å². The van der Waals surface area contributed by atoms with E-state index in [1.807, 2.05) is 30.4 Å². The van der Waals surface area contributed by atoms with Gasteiger partial charge in [-0.05, 0) is 39.4 Å². The van der Waals surface area contributed by atoms with E-state index in [0.29, 0.717) is 0 Å². The van der Waals surface area contributed by atoms with Crippen LogP contribution in [0, 0.1) is 19.1 Å². The second kappa shape index (κ2) is 18.1. The summed E-state index contributed by atoms with van der Waals surface area (Å²) in [5.41, 5.74) is 15.7. The maximum Gasteiger partial charge on any atom is -0.109 e. The third-order valence-electron chi connectivity index (χ3n) is 9.27. The first kappa shape index (κ1) is 46.1. The zero-order valence-electron chi connectivity index (χ0n) is 33.6. The van der Waals surface area contributed by atoms with Crippen LogP contribution >= 0.6 is 11.6 Å². The molecule has 0 bridgehead atoms. The molecule has 0 aliphatic heterocycles. The van der Waals surface area contributed by atoms with E-state index < -0.39 is 0 Å². The first-order chi connectivity index (χ1) is 23.1. The molecule has 0 amide bonds. The summed E-state index contributed by atoms with van der Waals surface area (Å²) in [5, 5.41) is 0.796. The minimum atomic E-state index is 0. The van der Waals surface area contributed by atoms with Crippen molar-refractivity contribution in [3.63, 3.8) is 0 Å². The molecule has 0 nitrogen and oxygen atoms in total. The number of benzene rings is 4. The minimum Gasteiger partial charge on any atom is -1.00 e. The van der Waals surface area contributed by atoms with Crippen LogP contribution < -0.4 is 24.8 Å². The molecule has 0 fully saturated rings. The number of halogens is 3. The fourth-order valence-electron chi connectivity index (χ4n) is 6.50. The maximum atomic E-state index is 6.00. The first-order valence-electron chi connectivity index (χ1n) is 18.0. The second-order valence-electron chi connectivity index (χ2n) is 17.9. The van der Waals surface area contributed by atoms with Gasteiger partial charge < -0.3 is 24.8 Å². The molecule has 0 radical (unpaired) electrons. The molecule has 0 unspecified atom stereocenters. The predicted octanol–water partition coefficient (Wildman–Crippen LogP) is 7.33. The minimum absolute atomic E-state index is 0. The molecule has 2 aliphatic rings. The van der Waals surface area contributed by atoms with Crippen LogP contribution in [-0.2, 0) is 52.3 Å². The van der Waals surface area contributed by atoms with Crippen molar-refractivity contribution in [3.05, 3.63) is 152 Å². The molecule has 0 aromatic heterocycles. The second-order valence-corrected chi connectivity index (χ2v) is 19.6. The van der Waals surface area contributed by atoms with Gasteiger partial charge in [0, 0.05) is 0 Å². The molecular formula is C48H57Cl3Zr-2. The normalized spacial score (nSPS) is 13.1. The maximum absolute atomic E-state index is 6.00. The molecule has 0 atom stereocenters. The molecule has 6 rings (SSSR count). The van der Waals surface area contributed by atoms with Crippen LogP contribution in [0.5, 0.6) is 0 Å². The number of aryl methyl sites for hydroxylation is 1. The quantitative estimate of drug-likeness (QED) is 0.164. The van der Waals surface area contributed by atoms with Crippen LogP contribution in [0.15, 0.2) is 85.0 Å². The third kappa shape index (κ3) is 11.7. The molecule has 52 heavy (non-hydrogen) atoms. The summed E-state index contributed by atoms with van der Waals surface area (Å²) < 4.78 is 1.34. The Balaban J connectivity index is 0.000000340. The van der Waals surface area contributed by atoms with Crippen LogP contribution in [0.3, 0.4) is 0 Å². The van der Waals surface area contributed by atoms with E-state index in [4.69, 9.17) is 11.6 Å². The summed E-state index contributed by atoms with van der Waals surface area (Å²) in [6.45, 7) is 30.1. The molecule has 2 aliphatic carbocycles. The predicted molar refractivity (Wildman–Crippen MR) is 216 cm³/mol. The van der Waals surface area contributed by atoms with Gasteiger partial charge in [0.25, 0.3) is 0 Å². The van der Waals surface area contributed by atoms with Gasteiger partial charge in [-0.15, -0.1) is 23.1 Å². The Morgan fingerprint density at radius 2 is 1.21 bits per heavy atom. The Kier molecular flexibility index (Phi) is 16.0. The average molecular weight is 832 g/mol. The largest absolute Gasteiger partial charge is 1.00 e. The zero-order valence-corrected chi connectivity index (χ0v) is 38.4. The van der Waals surface area contributed by atoms with E-state index in [1.165, 1.54) is 88.6 Å². The van der Waals surface area contributed by atoms with Crippen molar-refractivity contribution in [2.24, 2.45) is 0 Å². The van der Waals surface area contributed by atoms with Crippen LogP contribution in [0.1, 0.15) is 140 Å². The number of fused-ring (bicyclic) bond motifs is 3. The van der Waals surface area contributed by atoms with Crippen molar-refractivity contribution in [2.75, 3.05) is 0 Å². The van der Waals surface area contributed by atoms with Crippen molar-refractivity contribution >= 4 is 14.8 Å². The summed E-state index contributed by atoms with van der Waals surface area (Å²) in [7, 11) is 0. The molecule has 4 aromatic carbocycles. The van der Waals surface area contributed by atoms with Crippen molar-refractivity contribution in [3.8, 4) is 11.1 Å². The standard InChI is InChI=1S/C29H41.C14H11Cl.C5H5.2ClH.Zr/c1-26(2,3)22-14-18-13-19-15-23(27(4,5)6)25(29(10,11)12)17-21(19)20(18)16-24(22)28(7,8)9;1-11-5-7-12(8-6-11)9-13-3-2-4-14(15)10-13;1-2-4-5-3-1;;;/h14,16-17H,13H2,1-12H3;2-8,10H,1H3;1-3H,4H2;2*1H;/q-1;;-1;;;+2/p-2. The van der Waals surface area contributed by atoms with E-state index in [-0.39, 0.29) is 46.5 Å². The smallest absolute Gasteiger partial charge is 0.109 e. The summed E-state index contributed by atoms with van der Waals surface area (Å²) in [6.07, 6.45) is 11.0. The number of allylic oxidation sites excluding steroid dienone is 4. The molecule has 276 valence electrons. The van der Waals surface area contributed by atoms with Crippen LogP contribution in [-0.4, -0.2) is 3.21 Å². The Hall–Kier alpha value is -2.02. The molecule has 0 saturated heterocycles. The van der Waals surface area contributed by atoms with E-state index in [0.717, 1.165) is 17.9 Å². The van der Waals surface area contributed by atoms with Gasteiger partial charge in [0.15, 0.2) is 0 Å². The molecule has 0 spiro atoms. The molecule has 0 saturated carbocycles. The van der Waals surface area contributed by atoms with Crippen molar-refractivity contribution in [1.29, 1.82) is 0 Å². The Morgan fingerprint density at radius 1 is 0.654 bits per heavy atom. The van der Waals surface area contributed by atoms with E-state index in [2.05, 4.69) is 157 Å². The van der Waals surface area contributed by atoms with Crippen molar-refractivity contribution in [1.82, 2.24) is 0 Å². The van der Waals surface area contributed by atoms with Crippen LogP contribution in [0.4, 0.5) is 0 Å². The van der Waals surface area contributed by atoms with Gasteiger partial charge in [-0.2, -0.15) is 23.8 Å².